The van der Waals surface area contributed by atoms with Crippen molar-refractivity contribution in [2.75, 3.05) is 31.5 Å². The summed E-state index contributed by atoms with van der Waals surface area (Å²) in [5, 5.41) is 28.1. The van der Waals surface area contributed by atoms with Gasteiger partial charge in [0.1, 0.15) is 5.52 Å². The van der Waals surface area contributed by atoms with E-state index < -0.39 is 22.2 Å². The second-order valence-corrected chi connectivity index (χ2v) is 12.1. The van der Waals surface area contributed by atoms with Gasteiger partial charge < -0.3 is 15.3 Å². The zero-order valence-corrected chi connectivity index (χ0v) is 25.2. The van der Waals surface area contributed by atoms with E-state index in [-0.39, 0.29) is 4.90 Å². The molecule has 3 N–H and O–H groups in total. The summed E-state index contributed by atoms with van der Waals surface area (Å²) in [5.74, 6) is -2.45. The molecule has 0 saturated carbocycles. The lowest BCUT2D eigenvalue weighted by Gasteiger charge is -2.15. The standard InChI is InChI=1S/C28H29N7O2S.C2HF3O2/c1-19-5-6-21(18-29)16-24(19)25-17-27-26(15-20(25)2)32-28(34-33-27)31-22-7-9-23(10-8-22)38(36,37)30-11-14-35-12-3-4-13-35;3-2(4,5)1(6)7/h5-10,15-17,30H,3-4,11-14H2,1-2H3,(H,31,32,34);(H,6,7). The van der Waals surface area contributed by atoms with E-state index in [0.29, 0.717) is 34.8 Å². The number of rotatable bonds is 8. The molecule has 1 aliphatic rings. The number of anilines is 2. The van der Waals surface area contributed by atoms with Gasteiger partial charge in [-0.2, -0.15) is 18.4 Å². The van der Waals surface area contributed by atoms with Crippen LogP contribution in [0.4, 0.5) is 24.8 Å². The molecule has 236 valence electrons. The second kappa shape index (κ2) is 14.0. The summed E-state index contributed by atoms with van der Waals surface area (Å²) in [6.07, 6.45) is -2.73. The summed E-state index contributed by atoms with van der Waals surface area (Å²) in [7, 11) is -3.58. The number of nitrogens with one attached hydrogen (secondary N) is 2. The number of fused-ring (bicyclic) bond motifs is 1. The largest absolute Gasteiger partial charge is 0.490 e. The van der Waals surface area contributed by atoms with Crippen LogP contribution in [0.25, 0.3) is 22.2 Å². The number of nitrogens with zero attached hydrogens (tertiary/aromatic N) is 5. The van der Waals surface area contributed by atoms with Gasteiger partial charge in [0.15, 0.2) is 0 Å². The summed E-state index contributed by atoms with van der Waals surface area (Å²) in [6, 6.07) is 18.2. The zero-order valence-electron chi connectivity index (χ0n) is 24.4. The number of alkyl halides is 3. The lowest BCUT2D eigenvalue weighted by molar-refractivity contribution is -0.192. The SMILES string of the molecule is Cc1ccc(C#N)cc1-c1cc2nnc(Nc3ccc(S(=O)(=O)NCCN4CCCC4)cc3)nc2cc1C.O=C(O)C(F)(F)F. The lowest BCUT2D eigenvalue weighted by Crippen LogP contribution is -2.33. The minimum absolute atomic E-state index is 0.209. The van der Waals surface area contributed by atoms with Crippen molar-refractivity contribution in [1.29, 1.82) is 5.26 Å². The van der Waals surface area contributed by atoms with Crippen LogP contribution in [0.15, 0.2) is 59.5 Å². The van der Waals surface area contributed by atoms with E-state index in [0.717, 1.165) is 41.9 Å². The molecule has 0 atom stereocenters. The third-order valence-electron chi connectivity index (χ3n) is 7.04. The van der Waals surface area contributed by atoms with Crippen LogP contribution in [0.5, 0.6) is 0 Å². The first kappa shape index (κ1) is 33.2. The number of hydrogen-bond donors (Lipinski definition) is 3. The van der Waals surface area contributed by atoms with E-state index >= 15 is 0 Å². The fourth-order valence-corrected chi connectivity index (χ4v) is 5.71. The number of hydrogen-bond acceptors (Lipinski definition) is 9. The van der Waals surface area contributed by atoms with Crippen molar-refractivity contribution in [3.8, 4) is 17.2 Å². The van der Waals surface area contributed by atoms with Gasteiger partial charge in [0.2, 0.25) is 16.0 Å². The van der Waals surface area contributed by atoms with Gasteiger partial charge in [-0.15, -0.1) is 10.2 Å². The molecule has 2 heterocycles. The normalized spacial score (nSPS) is 13.6. The van der Waals surface area contributed by atoms with Gasteiger partial charge >= 0.3 is 12.1 Å². The molecule has 0 bridgehead atoms. The number of nitriles is 1. The van der Waals surface area contributed by atoms with E-state index in [1.54, 1.807) is 24.3 Å². The van der Waals surface area contributed by atoms with E-state index in [1.807, 2.05) is 44.2 Å². The Kier molecular flexibility index (Phi) is 10.3. The summed E-state index contributed by atoms with van der Waals surface area (Å²) in [5.41, 5.74) is 6.61. The average molecular weight is 642 g/mol. The summed E-state index contributed by atoms with van der Waals surface area (Å²) >= 11 is 0. The van der Waals surface area contributed by atoms with Crippen molar-refractivity contribution in [3.63, 3.8) is 0 Å². The molecule has 4 aromatic rings. The van der Waals surface area contributed by atoms with Crippen LogP contribution in [0.2, 0.25) is 0 Å². The Morgan fingerprint density at radius 3 is 2.24 bits per heavy atom. The molecule has 0 radical (unpaired) electrons. The topological polar surface area (TPSA) is 161 Å². The van der Waals surface area contributed by atoms with Crippen LogP contribution in [0.1, 0.15) is 29.5 Å². The third-order valence-corrected chi connectivity index (χ3v) is 8.52. The predicted molar refractivity (Wildman–Crippen MR) is 161 cm³/mol. The Balaban J connectivity index is 0.000000591. The highest BCUT2D eigenvalue weighted by atomic mass is 32.2. The highest BCUT2D eigenvalue weighted by molar-refractivity contribution is 7.89. The fraction of sp³-hybridized carbons (Fsp3) is 0.300. The Hall–Kier alpha value is -4.65. The summed E-state index contributed by atoms with van der Waals surface area (Å²) in [6.45, 7) is 7.19. The van der Waals surface area contributed by atoms with Gasteiger partial charge in [0.25, 0.3) is 0 Å². The van der Waals surface area contributed by atoms with Gasteiger partial charge in [-0.1, -0.05) is 6.07 Å². The zero-order chi connectivity index (χ0) is 32.8. The molecule has 45 heavy (non-hydrogen) atoms. The molecule has 5 rings (SSSR count). The molecule has 0 amide bonds. The number of carbonyl (C=O) groups is 1. The van der Waals surface area contributed by atoms with Crippen LogP contribution < -0.4 is 10.0 Å². The van der Waals surface area contributed by atoms with Gasteiger partial charge in [-0.05, 0) is 111 Å². The van der Waals surface area contributed by atoms with Crippen LogP contribution in [-0.2, 0) is 14.8 Å². The quantitative estimate of drug-likeness (QED) is 0.241. The smallest absolute Gasteiger partial charge is 0.475 e. The number of aliphatic carboxylic acids is 1. The highest BCUT2D eigenvalue weighted by Gasteiger charge is 2.38. The first-order valence-electron chi connectivity index (χ1n) is 13.8. The molecular weight excluding hydrogens is 611 g/mol. The van der Waals surface area contributed by atoms with Crippen molar-refractivity contribution in [2.24, 2.45) is 0 Å². The van der Waals surface area contributed by atoms with Crippen molar-refractivity contribution in [2.45, 2.75) is 37.8 Å². The van der Waals surface area contributed by atoms with E-state index in [4.69, 9.17) is 9.90 Å². The number of carboxylic acid groups (broad SMARTS) is 1. The van der Waals surface area contributed by atoms with Gasteiger partial charge in [-0.3, -0.25) is 0 Å². The number of aryl methyl sites for hydroxylation is 2. The van der Waals surface area contributed by atoms with Gasteiger partial charge in [0.05, 0.1) is 22.0 Å². The fourth-order valence-electron chi connectivity index (χ4n) is 4.69. The van der Waals surface area contributed by atoms with Crippen LogP contribution in [0, 0.1) is 25.2 Å². The van der Waals surface area contributed by atoms with Crippen molar-refractivity contribution >= 4 is 38.7 Å². The van der Waals surface area contributed by atoms with Gasteiger partial charge in [-0.25, -0.2) is 22.9 Å². The first-order valence-corrected chi connectivity index (χ1v) is 15.3. The minimum atomic E-state index is -5.08. The number of halogens is 3. The molecule has 15 heteroatoms. The van der Waals surface area contributed by atoms with E-state index in [1.165, 1.54) is 12.8 Å². The number of aromatic nitrogens is 3. The molecule has 1 aliphatic heterocycles. The highest BCUT2D eigenvalue weighted by Crippen LogP contribution is 2.30. The van der Waals surface area contributed by atoms with Crippen LogP contribution >= 0.6 is 0 Å². The molecule has 3 aromatic carbocycles. The Morgan fingerprint density at radius 2 is 1.62 bits per heavy atom. The lowest BCUT2D eigenvalue weighted by atomic mass is 9.94. The Bertz CT molecular complexity index is 1840. The predicted octanol–water partition coefficient (Wildman–Crippen LogP) is 4.93. The van der Waals surface area contributed by atoms with Crippen molar-refractivity contribution in [3.05, 3.63) is 71.3 Å². The van der Waals surface area contributed by atoms with Crippen molar-refractivity contribution < 1.29 is 31.5 Å². The van der Waals surface area contributed by atoms with Gasteiger partial charge in [0, 0.05) is 18.8 Å². The number of carboxylic acids is 1. The molecule has 0 aliphatic carbocycles. The maximum atomic E-state index is 12.6. The molecular formula is C30H30F3N7O4S. The Labute approximate surface area is 257 Å². The summed E-state index contributed by atoms with van der Waals surface area (Å²) < 4.78 is 59.7. The second-order valence-electron chi connectivity index (χ2n) is 10.3. The molecule has 11 nitrogen and oxygen atoms in total. The molecule has 0 unspecified atom stereocenters. The maximum absolute atomic E-state index is 12.6. The minimum Gasteiger partial charge on any atom is -0.475 e. The van der Waals surface area contributed by atoms with Crippen LogP contribution in [0.3, 0.4) is 0 Å². The summed E-state index contributed by atoms with van der Waals surface area (Å²) in [4.78, 5) is 16.0. The third kappa shape index (κ3) is 8.72. The molecule has 1 aromatic heterocycles. The number of likely N-dealkylation sites (tertiary alicyclic amines) is 1. The van der Waals surface area contributed by atoms with E-state index in [2.05, 4.69) is 36.2 Å². The molecule has 0 spiro atoms. The Morgan fingerprint density at radius 1 is 0.978 bits per heavy atom. The average Bonchev–Trinajstić information content (AvgIpc) is 3.51. The van der Waals surface area contributed by atoms with Crippen LogP contribution in [-0.4, -0.2) is 71.9 Å². The monoisotopic (exact) mass is 641 g/mol. The molecule has 1 fully saturated rings. The van der Waals surface area contributed by atoms with E-state index in [9.17, 15) is 26.9 Å². The first-order chi connectivity index (χ1) is 21.3. The molecule has 1 saturated heterocycles. The maximum Gasteiger partial charge on any atom is 0.490 e. The van der Waals surface area contributed by atoms with Crippen molar-refractivity contribution in [1.82, 2.24) is 24.8 Å². The number of sulfonamides is 1. The number of benzene rings is 3.